The summed E-state index contributed by atoms with van der Waals surface area (Å²) in [5.74, 6) is 0.938. The minimum atomic E-state index is 0.643. The van der Waals surface area contributed by atoms with Crippen molar-refractivity contribution in [3.05, 3.63) is 93.7 Å². The number of nitriles is 1. The van der Waals surface area contributed by atoms with Crippen LogP contribution < -0.4 is 0 Å². The molecule has 2 aromatic carbocycles. The summed E-state index contributed by atoms with van der Waals surface area (Å²) in [4.78, 5) is 4.76. The first-order chi connectivity index (χ1) is 14.6. The first-order valence-electron chi connectivity index (χ1n) is 10.2. The lowest BCUT2D eigenvalue weighted by Gasteiger charge is -2.08. The van der Waals surface area contributed by atoms with Crippen LogP contribution in [0.25, 0.3) is 24.3 Å². The molecular weight excluding hydrogens is 384 g/mol. The van der Waals surface area contributed by atoms with Crippen LogP contribution in [0, 0.1) is 25.2 Å². The molecule has 0 spiro atoms. The van der Waals surface area contributed by atoms with Crippen LogP contribution in [0.3, 0.4) is 0 Å². The second-order valence-corrected chi connectivity index (χ2v) is 8.35. The number of rotatable bonds is 7. The third kappa shape index (κ3) is 5.95. The van der Waals surface area contributed by atoms with Crippen molar-refractivity contribution in [2.45, 2.75) is 32.2 Å². The minimum absolute atomic E-state index is 0.643. The van der Waals surface area contributed by atoms with Crippen LogP contribution in [0.2, 0.25) is 0 Å². The molecule has 0 bridgehead atoms. The molecule has 2 nitrogen and oxygen atoms in total. The molecule has 1 aromatic heterocycles. The second kappa shape index (κ2) is 10.6. The fraction of sp³-hybridized carbons (Fsp3) is 0.185. The number of benzene rings is 2. The molecular formula is C27H26N2S. The van der Waals surface area contributed by atoms with Gasteiger partial charge >= 0.3 is 0 Å². The number of pyridine rings is 1. The van der Waals surface area contributed by atoms with E-state index in [0.717, 1.165) is 39.6 Å². The number of nitrogens with zero attached hydrogens (tertiary/aromatic N) is 2. The Labute approximate surface area is 184 Å². The van der Waals surface area contributed by atoms with Crippen molar-refractivity contribution in [2.75, 3.05) is 5.75 Å². The summed E-state index contributed by atoms with van der Waals surface area (Å²) in [5.41, 5.74) is 7.12. The van der Waals surface area contributed by atoms with Crippen molar-refractivity contribution in [1.82, 2.24) is 4.98 Å². The van der Waals surface area contributed by atoms with E-state index < -0.39 is 0 Å². The third-order valence-electron chi connectivity index (χ3n) is 4.65. The summed E-state index contributed by atoms with van der Waals surface area (Å²) >= 11 is 1.65. The van der Waals surface area contributed by atoms with E-state index >= 15 is 0 Å². The molecule has 0 saturated heterocycles. The summed E-state index contributed by atoms with van der Waals surface area (Å²) in [6.45, 7) is 6.30. The Morgan fingerprint density at radius 1 is 0.867 bits per heavy atom. The first-order valence-corrected chi connectivity index (χ1v) is 11.1. The van der Waals surface area contributed by atoms with Gasteiger partial charge in [-0.05, 0) is 54.9 Å². The summed E-state index contributed by atoms with van der Waals surface area (Å²) < 4.78 is 0. The molecule has 30 heavy (non-hydrogen) atoms. The number of hydrogen-bond acceptors (Lipinski definition) is 3. The molecule has 3 rings (SSSR count). The molecule has 0 radical (unpaired) electrons. The van der Waals surface area contributed by atoms with E-state index in [-0.39, 0.29) is 0 Å². The van der Waals surface area contributed by atoms with Crippen molar-refractivity contribution in [3.63, 3.8) is 0 Å². The van der Waals surface area contributed by atoms with Gasteiger partial charge in [-0.25, -0.2) is 4.98 Å². The van der Waals surface area contributed by atoms with Gasteiger partial charge in [0.2, 0.25) is 0 Å². The van der Waals surface area contributed by atoms with E-state index in [0.29, 0.717) is 5.56 Å². The monoisotopic (exact) mass is 410 g/mol. The molecule has 150 valence electrons. The molecule has 0 saturated carbocycles. The van der Waals surface area contributed by atoms with Gasteiger partial charge in [0.25, 0.3) is 0 Å². The summed E-state index contributed by atoms with van der Waals surface area (Å²) in [6, 6.07) is 21.1. The molecule has 0 N–H and O–H groups in total. The van der Waals surface area contributed by atoms with Gasteiger partial charge in [-0.1, -0.05) is 84.8 Å². The van der Waals surface area contributed by atoms with E-state index in [4.69, 9.17) is 4.98 Å². The number of thioether (sulfide) groups is 1. The quantitative estimate of drug-likeness (QED) is 0.380. The van der Waals surface area contributed by atoms with Crippen LogP contribution in [0.5, 0.6) is 0 Å². The first kappa shape index (κ1) is 21.6. The van der Waals surface area contributed by atoms with Gasteiger partial charge in [0.05, 0.1) is 11.3 Å². The molecule has 3 aromatic rings. The van der Waals surface area contributed by atoms with Crippen molar-refractivity contribution < 1.29 is 0 Å². The maximum Gasteiger partial charge on any atom is 0.115 e. The maximum absolute atomic E-state index is 9.80. The Bertz CT molecular complexity index is 1090. The smallest absolute Gasteiger partial charge is 0.115 e. The zero-order chi connectivity index (χ0) is 21.3. The van der Waals surface area contributed by atoms with Crippen LogP contribution in [-0.2, 0) is 0 Å². The van der Waals surface area contributed by atoms with Crippen LogP contribution in [0.1, 0.15) is 52.4 Å². The van der Waals surface area contributed by atoms with Crippen LogP contribution in [-0.4, -0.2) is 10.7 Å². The molecule has 0 amide bonds. The molecule has 0 atom stereocenters. The van der Waals surface area contributed by atoms with Gasteiger partial charge < -0.3 is 0 Å². The van der Waals surface area contributed by atoms with Crippen molar-refractivity contribution >= 4 is 36.1 Å². The Balaban J connectivity index is 1.98. The summed E-state index contributed by atoms with van der Waals surface area (Å²) in [6.07, 6.45) is 9.19. The van der Waals surface area contributed by atoms with Gasteiger partial charge in [-0.2, -0.15) is 5.26 Å². The second-order valence-electron chi connectivity index (χ2n) is 7.26. The highest BCUT2D eigenvalue weighted by molar-refractivity contribution is 7.99. The number of aromatic nitrogens is 1. The lowest BCUT2D eigenvalue weighted by molar-refractivity contribution is 1.06. The largest absolute Gasteiger partial charge is 0.241 e. The topological polar surface area (TPSA) is 36.7 Å². The molecule has 0 unspecified atom stereocenters. The number of aryl methyl sites for hydroxylation is 2. The Kier molecular flexibility index (Phi) is 7.65. The average molecular weight is 411 g/mol. The van der Waals surface area contributed by atoms with Gasteiger partial charge in [0.1, 0.15) is 11.1 Å². The molecule has 0 fully saturated rings. The zero-order valence-electron chi connectivity index (χ0n) is 17.7. The normalized spacial score (nSPS) is 11.3. The van der Waals surface area contributed by atoms with Gasteiger partial charge in [-0.15, -0.1) is 11.8 Å². The van der Waals surface area contributed by atoms with E-state index in [2.05, 4.69) is 87.5 Å². The number of hydrogen-bond donors (Lipinski definition) is 0. The van der Waals surface area contributed by atoms with Crippen molar-refractivity contribution in [2.24, 2.45) is 0 Å². The molecule has 3 heteroatoms. The van der Waals surface area contributed by atoms with Crippen molar-refractivity contribution in [1.29, 1.82) is 5.26 Å². The predicted molar refractivity (Wildman–Crippen MR) is 130 cm³/mol. The van der Waals surface area contributed by atoms with E-state index in [9.17, 15) is 5.26 Å². The summed E-state index contributed by atoms with van der Waals surface area (Å²) in [7, 11) is 0. The predicted octanol–water partition coefficient (Wildman–Crippen LogP) is 7.41. The van der Waals surface area contributed by atoms with E-state index in [1.165, 1.54) is 11.1 Å². The highest BCUT2D eigenvalue weighted by atomic mass is 32.2. The molecule has 0 aliphatic rings. The zero-order valence-corrected chi connectivity index (χ0v) is 18.5. The van der Waals surface area contributed by atoms with Gasteiger partial charge in [-0.3, -0.25) is 0 Å². The lowest BCUT2D eigenvalue weighted by Crippen LogP contribution is -1.95. The van der Waals surface area contributed by atoms with E-state index in [1.807, 2.05) is 18.2 Å². The van der Waals surface area contributed by atoms with Gasteiger partial charge in [0.15, 0.2) is 0 Å². The minimum Gasteiger partial charge on any atom is -0.241 e. The van der Waals surface area contributed by atoms with Crippen LogP contribution in [0.15, 0.2) is 59.6 Å². The van der Waals surface area contributed by atoms with Crippen LogP contribution in [0.4, 0.5) is 0 Å². The molecule has 1 heterocycles. The van der Waals surface area contributed by atoms with Crippen molar-refractivity contribution in [3.8, 4) is 6.07 Å². The highest BCUT2D eigenvalue weighted by Gasteiger charge is 2.10. The standard InChI is InChI=1S/C27H26N2S/c1-4-17-30-27-26(19-28)24(15-13-22-9-5-20(2)6-10-22)18-25(29-27)16-14-23-11-7-21(3)8-12-23/h5-16,18H,4,17H2,1-3H3. The fourth-order valence-corrected chi connectivity index (χ4v) is 3.79. The Hall–Kier alpha value is -3.09. The third-order valence-corrected chi connectivity index (χ3v) is 5.83. The lowest BCUT2D eigenvalue weighted by atomic mass is 10.1. The Morgan fingerprint density at radius 3 is 1.97 bits per heavy atom. The van der Waals surface area contributed by atoms with E-state index in [1.54, 1.807) is 11.8 Å². The SMILES string of the molecule is CCCSc1nc(C=Cc2ccc(C)cc2)cc(C=Cc2ccc(C)cc2)c1C#N. The van der Waals surface area contributed by atoms with Crippen LogP contribution >= 0.6 is 11.8 Å². The fourth-order valence-electron chi connectivity index (χ4n) is 2.92. The summed E-state index contributed by atoms with van der Waals surface area (Å²) in [5, 5.41) is 10.6. The maximum atomic E-state index is 9.80. The van der Waals surface area contributed by atoms with Gasteiger partial charge in [0, 0.05) is 0 Å². The molecule has 0 aliphatic heterocycles. The average Bonchev–Trinajstić information content (AvgIpc) is 2.76. The highest BCUT2D eigenvalue weighted by Crippen LogP contribution is 2.27. The molecule has 0 aliphatic carbocycles. The Morgan fingerprint density at radius 2 is 1.43 bits per heavy atom.